The molecule has 28 heavy (non-hydrogen) atoms. The Balaban J connectivity index is 2.00. The molecule has 152 valence electrons. The Morgan fingerprint density at radius 2 is 1.93 bits per heavy atom. The summed E-state index contributed by atoms with van der Waals surface area (Å²) in [6.45, 7) is 2.27. The first kappa shape index (κ1) is 22.1. The molecule has 0 saturated carbocycles. The van der Waals surface area contributed by atoms with Crippen molar-refractivity contribution in [1.82, 2.24) is 0 Å². The molecule has 0 fully saturated rings. The van der Waals surface area contributed by atoms with Crippen molar-refractivity contribution in [3.8, 4) is 5.75 Å². The van der Waals surface area contributed by atoms with Crippen molar-refractivity contribution in [2.24, 2.45) is 0 Å². The van der Waals surface area contributed by atoms with Gasteiger partial charge in [-0.15, -0.1) is 11.8 Å². The van der Waals surface area contributed by atoms with Crippen molar-refractivity contribution in [3.63, 3.8) is 0 Å². The van der Waals surface area contributed by atoms with Crippen LogP contribution in [-0.4, -0.2) is 40.0 Å². The summed E-state index contributed by atoms with van der Waals surface area (Å²) in [5.74, 6) is 1.36. The number of benzene rings is 2. The first-order valence-corrected chi connectivity index (χ1v) is 11.8. The summed E-state index contributed by atoms with van der Waals surface area (Å²) in [4.78, 5) is 13.3. The monoisotopic (exact) mass is 422 g/mol. The van der Waals surface area contributed by atoms with Gasteiger partial charge in [-0.05, 0) is 36.4 Å². The highest BCUT2D eigenvalue weighted by Crippen LogP contribution is 2.27. The number of nitrogens with zero attached hydrogens (tertiary/aromatic N) is 1. The minimum Gasteiger partial charge on any atom is -0.497 e. The van der Waals surface area contributed by atoms with Gasteiger partial charge < -0.3 is 10.1 Å². The zero-order valence-electron chi connectivity index (χ0n) is 16.3. The summed E-state index contributed by atoms with van der Waals surface area (Å²) in [7, 11) is -1.94. The number of sulfonamides is 1. The van der Waals surface area contributed by atoms with Crippen LogP contribution in [0.4, 0.5) is 11.4 Å². The predicted octanol–water partition coefficient (Wildman–Crippen LogP) is 3.99. The summed E-state index contributed by atoms with van der Waals surface area (Å²) in [5.41, 5.74) is 1.30. The number of ether oxygens (including phenoxy) is 1. The van der Waals surface area contributed by atoms with Gasteiger partial charge in [0.1, 0.15) is 5.75 Å². The van der Waals surface area contributed by atoms with Gasteiger partial charge in [-0.2, -0.15) is 0 Å². The van der Waals surface area contributed by atoms with Crippen LogP contribution >= 0.6 is 11.8 Å². The minimum atomic E-state index is -3.47. The third-order valence-corrected chi connectivity index (χ3v) is 6.12. The highest BCUT2D eigenvalue weighted by molar-refractivity contribution is 7.99. The smallest absolute Gasteiger partial charge is 0.232 e. The van der Waals surface area contributed by atoms with Crippen LogP contribution in [0.5, 0.6) is 5.75 Å². The molecule has 0 heterocycles. The number of anilines is 2. The van der Waals surface area contributed by atoms with Crippen LogP contribution < -0.4 is 14.4 Å². The van der Waals surface area contributed by atoms with Gasteiger partial charge in [0.2, 0.25) is 15.9 Å². The van der Waals surface area contributed by atoms with Crippen LogP contribution in [0.3, 0.4) is 0 Å². The number of carbonyl (C=O) groups is 1. The van der Waals surface area contributed by atoms with Crippen LogP contribution in [-0.2, 0) is 14.8 Å². The second-order valence-electron chi connectivity index (χ2n) is 6.12. The van der Waals surface area contributed by atoms with E-state index in [1.54, 1.807) is 36.0 Å². The third-order valence-electron chi connectivity index (χ3n) is 3.97. The normalized spacial score (nSPS) is 11.1. The van der Waals surface area contributed by atoms with E-state index in [2.05, 4.69) is 12.2 Å². The molecule has 2 aromatic rings. The summed E-state index contributed by atoms with van der Waals surface area (Å²) < 4.78 is 30.9. The fourth-order valence-corrected chi connectivity index (χ4v) is 4.42. The van der Waals surface area contributed by atoms with E-state index in [9.17, 15) is 13.2 Å². The quantitative estimate of drug-likeness (QED) is 0.586. The van der Waals surface area contributed by atoms with E-state index in [-0.39, 0.29) is 18.9 Å². The van der Waals surface area contributed by atoms with Gasteiger partial charge in [0, 0.05) is 23.9 Å². The topological polar surface area (TPSA) is 75.7 Å². The van der Waals surface area contributed by atoms with Crippen LogP contribution in [0.15, 0.2) is 53.4 Å². The summed E-state index contributed by atoms with van der Waals surface area (Å²) in [5, 5.41) is 2.92. The van der Waals surface area contributed by atoms with Crippen molar-refractivity contribution in [1.29, 1.82) is 0 Å². The number of amides is 1. The van der Waals surface area contributed by atoms with Crippen LogP contribution in [0.2, 0.25) is 0 Å². The average Bonchev–Trinajstić information content (AvgIpc) is 2.66. The first-order valence-electron chi connectivity index (χ1n) is 8.98. The Bertz CT molecular complexity index is 901. The van der Waals surface area contributed by atoms with Gasteiger partial charge in [-0.25, -0.2) is 8.42 Å². The molecular formula is C20H26N2O4S2. The van der Waals surface area contributed by atoms with Crippen molar-refractivity contribution in [3.05, 3.63) is 48.5 Å². The standard InChI is InChI=1S/C20H26N2O4S2/c1-4-27-19-12-6-5-11-18(19)21-20(23)13-8-14-22(28(3,24)25)16-9-7-10-17(15-16)26-2/h5-7,9-12,15H,4,8,13-14H2,1-3H3,(H,21,23). The highest BCUT2D eigenvalue weighted by atomic mass is 32.2. The van der Waals surface area contributed by atoms with Crippen molar-refractivity contribution < 1.29 is 17.9 Å². The maximum Gasteiger partial charge on any atom is 0.232 e. The highest BCUT2D eigenvalue weighted by Gasteiger charge is 2.18. The van der Waals surface area contributed by atoms with E-state index in [0.717, 1.165) is 22.6 Å². The second-order valence-corrected chi connectivity index (χ2v) is 9.33. The largest absolute Gasteiger partial charge is 0.497 e. The number of thioether (sulfide) groups is 1. The molecule has 0 aliphatic rings. The molecule has 0 aliphatic carbocycles. The molecule has 0 spiro atoms. The molecule has 0 unspecified atom stereocenters. The molecule has 8 heteroatoms. The Morgan fingerprint density at radius 1 is 1.18 bits per heavy atom. The lowest BCUT2D eigenvalue weighted by atomic mass is 10.2. The summed E-state index contributed by atoms with van der Waals surface area (Å²) >= 11 is 1.66. The van der Waals surface area contributed by atoms with E-state index in [4.69, 9.17) is 4.74 Å². The lowest BCUT2D eigenvalue weighted by molar-refractivity contribution is -0.116. The minimum absolute atomic E-state index is 0.136. The molecule has 2 aromatic carbocycles. The van der Waals surface area contributed by atoms with Gasteiger partial charge >= 0.3 is 0 Å². The fourth-order valence-electron chi connectivity index (χ4n) is 2.70. The van der Waals surface area contributed by atoms with Gasteiger partial charge in [0.05, 0.1) is 24.7 Å². The number of carbonyl (C=O) groups excluding carboxylic acids is 1. The predicted molar refractivity (Wildman–Crippen MR) is 116 cm³/mol. The van der Waals surface area contributed by atoms with Crippen molar-refractivity contribution in [2.75, 3.05) is 35.3 Å². The summed E-state index contributed by atoms with van der Waals surface area (Å²) in [6, 6.07) is 14.5. The Morgan fingerprint density at radius 3 is 2.61 bits per heavy atom. The maximum atomic E-state index is 12.3. The molecule has 0 bridgehead atoms. The van der Waals surface area contributed by atoms with E-state index in [0.29, 0.717) is 17.9 Å². The number of nitrogens with one attached hydrogen (secondary N) is 1. The molecule has 6 nitrogen and oxygen atoms in total. The van der Waals surface area contributed by atoms with E-state index >= 15 is 0 Å². The number of para-hydroxylation sites is 1. The van der Waals surface area contributed by atoms with E-state index in [1.807, 2.05) is 24.3 Å². The van der Waals surface area contributed by atoms with Crippen LogP contribution in [0.25, 0.3) is 0 Å². The van der Waals surface area contributed by atoms with Crippen molar-refractivity contribution in [2.45, 2.75) is 24.7 Å². The molecule has 2 rings (SSSR count). The third kappa shape index (κ3) is 6.45. The number of hydrogen-bond donors (Lipinski definition) is 1. The number of rotatable bonds is 10. The molecule has 0 aliphatic heterocycles. The lowest BCUT2D eigenvalue weighted by Crippen LogP contribution is -2.31. The SMILES string of the molecule is CCSc1ccccc1NC(=O)CCCN(c1cccc(OC)c1)S(C)(=O)=O. The first-order chi connectivity index (χ1) is 13.3. The van der Waals surface area contributed by atoms with Gasteiger partial charge in [0.15, 0.2) is 0 Å². The Kier molecular flexibility index (Phi) is 8.19. The average molecular weight is 423 g/mol. The maximum absolute atomic E-state index is 12.3. The molecule has 1 N–H and O–H groups in total. The molecule has 0 aromatic heterocycles. The summed E-state index contributed by atoms with van der Waals surface area (Å²) in [6.07, 6.45) is 1.78. The van der Waals surface area contributed by atoms with Crippen LogP contribution in [0, 0.1) is 0 Å². The molecule has 0 radical (unpaired) electrons. The van der Waals surface area contributed by atoms with Gasteiger partial charge in [0.25, 0.3) is 0 Å². The zero-order chi connectivity index (χ0) is 20.6. The van der Waals surface area contributed by atoms with Crippen LogP contribution in [0.1, 0.15) is 19.8 Å². The molecule has 0 atom stereocenters. The Hall–Kier alpha value is -2.19. The lowest BCUT2D eigenvalue weighted by Gasteiger charge is -2.22. The second kappa shape index (κ2) is 10.4. The van der Waals surface area contributed by atoms with Crippen molar-refractivity contribution >= 4 is 39.1 Å². The Labute approximate surface area is 171 Å². The molecule has 0 saturated heterocycles. The van der Waals surface area contributed by atoms with E-state index < -0.39 is 10.0 Å². The molecular weight excluding hydrogens is 396 g/mol. The fraction of sp³-hybridized carbons (Fsp3) is 0.350. The van der Waals surface area contributed by atoms with Gasteiger partial charge in [-0.3, -0.25) is 9.10 Å². The van der Waals surface area contributed by atoms with E-state index in [1.165, 1.54) is 11.4 Å². The van der Waals surface area contributed by atoms with Gasteiger partial charge in [-0.1, -0.05) is 25.1 Å². The number of hydrogen-bond acceptors (Lipinski definition) is 5. The number of methoxy groups -OCH3 is 1. The zero-order valence-corrected chi connectivity index (χ0v) is 18.0. The molecule has 1 amide bonds.